The molecule has 0 N–H and O–H groups in total. The smallest absolute Gasteiger partial charge is 0.310 e. The van der Waals surface area contributed by atoms with Gasteiger partial charge in [0.1, 0.15) is 13.2 Å². The molecule has 1 atom stereocenters. The van der Waals surface area contributed by atoms with Gasteiger partial charge in [0, 0.05) is 12.8 Å². The van der Waals surface area contributed by atoms with Gasteiger partial charge in [-0.25, -0.2) is 0 Å². The normalized spacial score (nSPS) is 12.7. The third-order valence-corrected chi connectivity index (χ3v) is 9.23. The summed E-state index contributed by atoms with van der Waals surface area (Å²) in [5, 5.41) is 0. The molecule has 0 aliphatic heterocycles. The molecule has 0 aromatic rings. The monoisotopic (exact) mass is 767 g/mol. The number of hydrogen-bond acceptors (Lipinski definition) is 6. The van der Waals surface area contributed by atoms with E-state index in [1.165, 1.54) is 77.0 Å². The maximum absolute atomic E-state index is 12.6. The number of carbonyl (C=O) groups is 3. The van der Waals surface area contributed by atoms with E-state index in [9.17, 15) is 14.4 Å². The van der Waals surface area contributed by atoms with Gasteiger partial charge in [0.2, 0.25) is 0 Å². The van der Waals surface area contributed by atoms with Crippen molar-refractivity contribution in [2.24, 2.45) is 0 Å². The fourth-order valence-corrected chi connectivity index (χ4v) is 5.86. The Morgan fingerprint density at radius 1 is 0.400 bits per heavy atom. The molecular formula is C49H82O6. The van der Waals surface area contributed by atoms with Gasteiger partial charge in [0.15, 0.2) is 6.10 Å². The van der Waals surface area contributed by atoms with Crippen LogP contribution in [-0.2, 0) is 28.6 Å². The highest BCUT2D eigenvalue weighted by Gasteiger charge is 2.19. The van der Waals surface area contributed by atoms with Crippen LogP contribution in [0.3, 0.4) is 0 Å². The zero-order chi connectivity index (χ0) is 40.1. The SMILES string of the molecule is CC/C=C\C/C=C\C/C=C\C/C=C\C/C=C\CC(=O)OC(COC(=O)CCCCCCC)COC(=O)CCCCCCCCC/C=C\CCCCCCCC. The lowest BCUT2D eigenvalue weighted by atomic mass is 10.1. The fourth-order valence-electron chi connectivity index (χ4n) is 5.86. The molecule has 314 valence electrons. The molecule has 0 aliphatic carbocycles. The van der Waals surface area contributed by atoms with Gasteiger partial charge in [-0.1, -0.05) is 184 Å². The van der Waals surface area contributed by atoms with Crippen molar-refractivity contribution in [3.05, 3.63) is 72.9 Å². The summed E-state index contributed by atoms with van der Waals surface area (Å²) < 4.78 is 16.5. The highest BCUT2D eigenvalue weighted by molar-refractivity contribution is 5.72. The molecule has 0 saturated heterocycles. The Hall–Kier alpha value is -3.15. The van der Waals surface area contributed by atoms with Crippen molar-refractivity contribution in [3.63, 3.8) is 0 Å². The van der Waals surface area contributed by atoms with E-state index in [0.717, 1.165) is 83.5 Å². The third-order valence-electron chi connectivity index (χ3n) is 9.23. The van der Waals surface area contributed by atoms with E-state index >= 15 is 0 Å². The Morgan fingerprint density at radius 3 is 1.18 bits per heavy atom. The molecule has 6 heteroatoms. The maximum atomic E-state index is 12.6. The second-order valence-corrected chi connectivity index (χ2v) is 14.6. The molecule has 0 amide bonds. The highest BCUT2D eigenvalue weighted by Crippen LogP contribution is 2.12. The van der Waals surface area contributed by atoms with Crippen LogP contribution in [0.1, 0.15) is 201 Å². The van der Waals surface area contributed by atoms with Crippen LogP contribution in [-0.4, -0.2) is 37.2 Å². The van der Waals surface area contributed by atoms with Crippen LogP contribution in [0.5, 0.6) is 0 Å². The van der Waals surface area contributed by atoms with Gasteiger partial charge in [-0.15, -0.1) is 0 Å². The molecule has 1 unspecified atom stereocenters. The number of ether oxygens (including phenoxy) is 3. The first-order valence-corrected chi connectivity index (χ1v) is 22.4. The van der Waals surface area contributed by atoms with Crippen molar-refractivity contribution in [3.8, 4) is 0 Å². The Morgan fingerprint density at radius 2 is 0.764 bits per heavy atom. The number of esters is 3. The van der Waals surface area contributed by atoms with Crippen LogP contribution < -0.4 is 0 Å². The molecule has 0 bridgehead atoms. The Balaban J connectivity index is 4.36. The summed E-state index contributed by atoms with van der Waals surface area (Å²) >= 11 is 0. The van der Waals surface area contributed by atoms with Gasteiger partial charge >= 0.3 is 17.9 Å². The van der Waals surface area contributed by atoms with E-state index in [0.29, 0.717) is 12.8 Å². The summed E-state index contributed by atoms with van der Waals surface area (Å²) in [6.45, 7) is 6.32. The van der Waals surface area contributed by atoms with Gasteiger partial charge in [0.05, 0.1) is 6.42 Å². The van der Waals surface area contributed by atoms with Crippen LogP contribution >= 0.6 is 0 Å². The summed E-state index contributed by atoms with van der Waals surface area (Å²) in [5.74, 6) is -1.07. The van der Waals surface area contributed by atoms with Crippen LogP contribution in [0.25, 0.3) is 0 Å². The molecule has 55 heavy (non-hydrogen) atoms. The lowest BCUT2D eigenvalue weighted by molar-refractivity contribution is -0.166. The van der Waals surface area contributed by atoms with Crippen molar-refractivity contribution in [1.82, 2.24) is 0 Å². The molecule has 0 aromatic carbocycles. The summed E-state index contributed by atoms with van der Waals surface area (Å²) in [7, 11) is 0. The van der Waals surface area contributed by atoms with Crippen LogP contribution in [0, 0.1) is 0 Å². The topological polar surface area (TPSA) is 78.9 Å². The molecule has 0 aliphatic rings. The quantitative estimate of drug-likeness (QED) is 0.0268. The number of unbranched alkanes of at least 4 members (excludes halogenated alkanes) is 17. The standard InChI is InChI=1S/C49H82O6/c1-4-7-10-13-15-17-19-21-23-24-26-27-29-31-33-36-39-42-48(51)54-45-46(44-53-47(50)41-38-35-12-9-6-3)55-49(52)43-40-37-34-32-30-28-25-22-20-18-16-14-11-8-5-2/h8,11,16,18,21-23,25,30,32,37,40,46H,4-7,9-10,12-15,17,19-20,24,26-29,31,33-36,38-39,41-45H2,1-3H3/b11-8-,18-16-,23-21-,25-22-,32-30-,40-37-. The van der Waals surface area contributed by atoms with Crippen LogP contribution in [0.4, 0.5) is 0 Å². The second kappa shape index (κ2) is 43.6. The third kappa shape index (κ3) is 41.8. The molecule has 6 nitrogen and oxygen atoms in total. The highest BCUT2D eigenvalue weighted by atomic mass is 16.6. The Bertz CT molecular complexity index is 1070. The molecule has 0 rings (SSSR count). The zero-order valence-electron chi connectivity index (χ0n) is 35.7. The molecule has 0 radical (unpaired) electrons. The molecular weight excluding hydrogens is 685 g/mol. The average molecular weight is 767 g/mol. The number of allylic oxidation sites excluding steroid dienone is 11. The molecule has 0 heterocycles. The van der Waals surface area contributed by atoms with E-state index in [2.05, 4.69) is 81.5 Å². The largest absolute Gasteiger partial charge is 0.462 e. The Kier molecular flexibility index (Phi) is 41.1. The number of rotatable bonds is 39. The van der Waals surface area contributed by atoms with E-state index in [1.54, 1.807) is 6.08 Å². The summed E-state index contributed by atoms with van der Waals surface area (Å²) in [4.78, 5) is 37.4. The number of hydrogen-bond donors (Lipinski definition) is 0. The zero-order valence-corrected chi connectivity index (χ0v) is 35.7. The van der Waals surface area contributed by atoms with E-state index in [1.807, 2.05) is 6.08 Å². The molecule has 0 saturated carbocycles. The van der Waals surface area contributed by atoms with Crippen LogP contribution in [0.2, 0.25) is 0 Å². The van der Waals surface area contributed by atoms with E-state index < -0.39 is 12.1 Å². The maximum Gasteiger partial charge on any atom is 0.310 e. The first kappa shape index (κ1) is 51.9. The summed E-state index contributed by atoms with van der Waals surface area (Å²) in [5.41, 5.74) is 0. The predicted octanol–water partition coefficient (Wildman–Crippen LogP) is 14.3. The lowest BCUT2D eigenvalue weighted by Crippen LogP contribution is -2.30. The van der Waals surface area contributed by atoms with Gasteiger partial charge < -0.3 is 14.2 Å². The van der Waals surface area contributed by atoms with Gasteiger partial charge in [-0.05, 0) is 70.6 Å². The molecule has 0 aromatic heterocycles. The average Bonchev–Trinajstić information content (AvgIpc) is 3.18. The van der Waals surface area contributed by atoms with Crippen molar-refractivity contribution in [1.29, 1.82) is 0 Å². The lowest BCUT2D eigenvalue weighted by Gasteiger charge is -2.18. The molecule has 0 spiro atoms. The van der Waals surface area contributed by atoms with Crippen molar-refractivity contribution in [2.45, 2.75) is 207 Å². The molecule has 0 fully saturated rings. The second-order valence-electron chi connectivity index (χ2n) is 14.6. The minimum absolute atomic E-state index is 0.0965. The van der Waals surface area contributed by atoms with E-state index in [-0.39, 0.29) is 31.6 Å². The van der Waals surface area contributed by atoms with Crippen molar-refractivity contribution >= 4 is 17.9 Å². The predicted molar refractivity (Wildman–Crippen MR) is 233 cm³/mol. The van der Waals surface area contributed by atoms with Gasteiger partial charge in [-0.3, -0.25) is 14.4 Å². The summed E-state index contributed by atoms with van der Waals surface area (Å²) in [6, 6.07) is 0. The Labute approximate surface area is 338 Å². The van der Waals surface area contributed by atoms with Gasteiger partial charge in [0.25, 0.3) is 0 Å². The minimum Gasteiger partial charge on any atom is -0.462 e. The van der Waals surface area contributed by atoms with Crippen molar-refractivity contribution < 1.29 is 28.6 Å². The summed E-state index contributed by atoms with van der Waals surface area (Å²) in [6.07, 6.45) is 53.7. The minimum atomic E-state index is -0.825. The van der Waals surface area contributed by atoms with Crippen LogP contribution in [0.15, 0.2) is 72.9 Å². The van der Waals surface area contributed by atoms with Gasteiger partial charge in [-0.2, -0.15) is 0 Å². The fraction of sp³-hybridized carbons (Fsp3) is 0.694. The first-order valence-electron chi connectivity index (χ1n) is 22.4. The first-order chi connectivity index (χ1) is 27.0. The van der Waals surface area contributed by atoms with E-state index in [4.69, 9.17) is 14.2 Å². The van der Waals surface area contributed by atoms with Crippen molar-refractivity contribution in [2.75, 3.05) is 13.2 Å². The number of carbonyl (C=O) groups excluding carboxylic acids is 3.